The highest BCUT2D eigenvalue weighted by molar-refractivity contribution is 7.85. The van der Waals surface area contributed by atoms with E-state index in [9.17, 15) is 8.42 Å². The topological polar surface area (TPSA) is 54.4 Å². The van der Waals surface area contributed by atoms with Crippen molar-refractivity contribution < 1.29 is 13.0 Å². The average molecular weight is 283 g/mol. The molecule has 3 nitrogen and oxygen atoms in total. The van der Waals surface area contributed by atoms with Gasteiger partial charge in [0.1, 0.15) is 0 Å². The zero-order valence-corrected chi connectivity index (χ0v) is 10.9. The molecule has 2 aromatic rings. The van der Waals surface area contributed by atoms with E-state index >= 15 is 0 Å². The monoisotopic (exact) mass is 282 g/mol. The summed E-state index contributed by atoms with van der Waals surface area (Å²) in [5.41, 5.74) is 1.99. The van der Waals surface area contributed by atoms with E-state index in [2.05, 4.69) is 0 Å². The van der Waals surface area contributed by atoms with E-state index < -0.39 is 10.1 Å². The Kier molecular flexibility index (Phi) is 3.71. The van der Waals surface area contributed by atoms with Gasteiger partial charge in [0.25, 0.3) is 10.1 Å². The molecule has 0 fully saturated rings. The van der Waals surface area contributed by atoms with E-state index in [0.717, 1.165) is 11.1 Å². The molecule has 0 bridgehead atoms. The van der Waals surface area contributed by atoms with Crippen LogP contribution in [-0.4, -0.2) is 13.0 Å². The standard InChI is InChI=1S/C13H11ClO3S/c14-12-3-1-2-11(9-12)8-10-4-6-13(7-5-10)18(15,16)17/h1-7,9H,8H2,(H,15,16,17). The molecule has 0 aliphatic carbocycles. The van der Waals surface area contributed by atoms with Crippen molar-refractivity contribution in [3.8, 4) is 0 Å². The summed E-state index contributed by atoms with van der Waals surface area (Å²) in [6.07, 6.45) is 0.659. The Balaban J connectivity index is 2.21. The van der Waals surface area contributed by atoms with Gasteiger partial charge in [-0.1, -0.05) is 35.9 Å². The van der Waals surface area contributed by atoms with Gasteiger partial charge in [0, 0.05) is 5.02 Å². The maximum Gasteiger partial charge on any atom is 0.294 e. The van der Waals surface area contributed by atoms with Crippen LogP contribution in [-0.2, 0) is 16.5 Å². The lowest BCUT2D eigenvalue weighted by molar-refractivity contribution is 0.483. The van der Waals surface area contributed by atoms with E-state index in [1.807, 2.05) is 18.2 Å². The van der Waals surface area contributed by atoms with Crippen molar-refractivity contribution in [2.24, 2.45) is 0 Å². The molecule has 94 valence electrons. The molecule has 0 aliphatic rings. The van der Waals surface area contributed by atoms with Crippen LogP contribution in [0.2, 0.25) is 5.02 Å². The van der Waals surface area contributed by atoms with Crippen molar-refractivity contribution in [2.45, 2.75) is 11.3 Å². The summed E-state index contributed by atoms with van der Waals surface area (Å²) >= 11 is 5.88. The van der Waals surface area contributed by atoms with Crippen molar-refractivity contribution in [3.63, 3.8) is 0 Å². The van der Waals surface area contributed by atoms with Crippen LogP contribution in [0, 0.1) is 0 Å². The van der Waals surface area contributed by atoms with Crippen molar-refractivity contribution in [1.29, 1.82) is 0 Å². The van der Waals surface area contributed by atoms with Crippen LogP contribution in [0.4, 0.5) is 0 Å². The van der Waals surface area contributed by atoms with Crippen LogP contribution in [0.5, 0.6) is 0 Å². The zero-order valence-electron chi connectivity index (χ0n) is 9.38. The summed E-state index contributed by atoms with van der Waals surface area (Å²) in [6, 6.07) is 13.6. The maximum atomic E-state index is 10.9. The largest absolute Gasteiger partial charge is 0.294 e. The second kappa shape index (κ2) is 5.10. The van der Waals surface area contributed by atoms with Gasteiger partial charge in [-0.25, -0.2) is 0 Å². The molecule has 2 aromatic carbocycles. The van der Waals surface area contributed by atoms with E-state index in [1.54, 1.807) is 18.2 Å². The Morgan fingerprint density at radius 1 is 1.00 bits per heavy atom. The molecule has 0 heterocycles. The lowest BCUT2D eigenvalue weighted by Gasteiger charge is -2.03. The lowest BCUT2D eigenvalue weighted by atomic mass is 10.1. The molecule has 0 saturated heterocycles. The summed E-state index contributed by atoms with van der Waals surface area (Å²) in [5.74, 6) is 0. The molecule has 0 unspecified atom stereocenters. The van der Waals surface area contributed by atoms with Crippen molar-refractivity contribution in [2.75, 3.05) is 0 Å². The minimum atomic E-state index is -4.12. The molecule has 18 heavy (non-hydrogen) atoms. The Bertz CT molecular complexity index is 648. The van der Waals surface area contributed by atoms with Gasteiger partial charge < -0.3 is 0 Å². The van der Waals surface area contributed by atoms with Gasteiger partial charge in [-0.05, 0) is 41.8 Å². The summed E-state index contributed by atoms with van der Waals surface area (Å²) in [7, 11) is -4.12. The SMILES string of the molecule is O=S(=O)(O)c1ccc(Cc2cccc(Cl)c2)cc1. The third-order valence-electron chi connectivity index (χ3n) is 2.52. The van der Waals surface area contributed by atoms with E-state index in [4.69, 9.17) is 16.2 Å². The molecular weight excluding hydrogens is 272 g/mol. The smallest absolute Gasteiger partial charge is 0.282 e. The molecule has 2 rings (SSSR count). The van der Waals surface area contributed by atoms with Crippen molar-refractivity contribution in [1.82, 2.24) is 0 Å². The molecule has 5 heteroatoms. The average Bonchev–Trinajstić information content (AvgIpc) is 2.28. The van der Waals surface area contributed by atoms with E-state index in [0.29, 0.717) is 11.4 Å². The minimum absolute atomic E-state index is 0.0997. The molecule has 0 amide bonds. The summed E-state index contributed by atoms with van der Waals surface area (Å²) in [5, 5.41) is 0.669. The van der Waals surface area contributed by atoms with Gasteiger partial charge in [0.05, 0.1) is 4.90 Å². The normalized spacial score (nSPS) is 11.4. The third-order valence-corrected chi connectivity index (χ3v) is 3.62. The first-order valence-corrected chi connectivity index (χ1v) is 7.08. The van der Waals surface area contributed by atoms with Crippen molar-refractivity contribution >= 4 is 21.7 Å². The minimum Gasteiger partial charge on any atom is -0.282 e. The quantitative estimate of drug-likeness (QED) is 0.880. The fourth-order valence-electron chi connectivity index (χ4n) is 1.66. The molecule has 0 aromatic heterocycles. The van der Waals surface area contributed by atoms with E-state index in [1.165, 1.54) is 12.1 Å². The molecule has 0 radical (unpaired) electrons. The predicted octanol–water partition coefficient (Wildman–Crippen LogP) is 3.18. The van der Waals surface area contributed by atoms with Gasteiger partial charge in [-0.3, -0.25) is 4.55 Å². The van der Waals surface area contributed by atoms with Crippen LogP contribution in [0.15, 0.2) is 53.4 Å². The predicted molar refractivity (Wildman–Crippen MR) is 70.5 cm³/mol. The highest BCUT2D eigenvalue weighted by Gasteiger charge is 2.08. The Labute approximate surface area is 111 Å². The highest BCUT2D eigenvalue weighted by atomic mass is 35.5. The number of rotatable bonds is 3. The van der Waals surface area contributed by atoms with Crippen LogP contribution in [0.25, 0.3) is 0 Å². The van der Waals surface area contributed by atoms with Crippen molar-refractivity contribution in [3.05, 3.63) is 64.7 Å². The molecular formula is C13H11ClO3S. The first-order chi connectivity index (χ1) is 8.45. The summed E-state index contributed by atoms with van der Waals surface area (Å²) in [4.78, 5) is -0.0997. The molecule has 1 N–H and O–H groups in total. The van der Waals surface area contributed by atoms with Crippen LogP contribution < -0.4 is 0 Å². The second-order valence-corrected chi connectivity index (χ2v) is 5.78. The fraction of sp³-hybridized carbons (Fsp3) is 0.0769. The van der Waals surface area contributed by atoms with Crippen LogP contribution in [0.3, 0.4) is 0 Å². The first kappa shape index (κ1) is 13.1. The third kappa shape index (κ3) is 3.32. The molecule has 0 spiro atoms. The lowest BCUT2D eigenvalue weighted by Crippen LogP contribution is -1.98. The van der Waals surface area contributed by atoms with Gasteiger partial charge in [-0.15, -0.1) is 0 Å². The van der Waals surface area contributed by atoms with Gasteiger partial charge in [0.2, 0.25) is 0 Å². The van der Waals surface area contributed by atoms with E-state index in [-0.39, 0.29) is 4.90 Å². The molecule has 0 saturated carbocycles. The fourth-order valence-corrected chi connectivity index (χ4v) is 2.35. The second-order valence-electron chi connectivity index (χ2n) is 3.93. The Morgan fingerprint density at radius 3 is 2.22 bits per heavy atom. The number of halogens is 1. The molecule has 0 aliphatic heterocycles. The number of hydrogen-bond acceptors (Lipinski definition) is 2. The van der Waals surface area contributed by atoms with Gasteiger partial charge in [-0.2, -0.15) is 8.42 Å². The maximum absolute atomic E-state index is 10.9. The zero-order chi connectivity index (χ0) is 13.2. The first-order valence-electron chi connectivity index (χ1n) is 5.26. The van der Waals surface area contributed by atoms with Crippen LogP contribution >= 0.6 is 11.6 Å². The highest BCUT2D eigenvalue weighted by Crippen LogP contribution is 2.16. The Hall–Kier alpha value is -1.36. The summed E-state index contributed by atoms with van der Waals surface area (Å²) < 4.78 is 30.6. The molecule has 0 atom stereocenters. The summed E-state index contributed by atoms with van der Waals surface area (Å²) in [6.45, 7) is 0. The van der Waals surface area contributed by atoms with Crippen LogP contribution in [0.1, 0.15) is 11.1 Å². The van der Waals surface area contributed by atoms with Gasteiger partial charge in [0.15, 0.2) is 0 Å². The van der Waals surface area contributed by atoms with Gasteiger partial charge >= 0.3 is 0 Å². The Morgan fingerprint density at radius 2 is 1.67 bits per heavy atom. The number of benzene rings is 2. The number of hydrogen-bond donors (Lipinski definition) is 1.